The van der Waals surface area contributed by atoms with Crippen molar-refractivity contribution in [2.24, 2.45) is 5.92 Å². The number of hydrogen-bond donors (Lipinski definition) is 1. The number of halogens is 2. The first-order chi connectivity index (χ1) is 12.5. The summed E-state index contributed by atoms with van der Waals surface area (Å²) < 4.78 is 32.4. The molecule has 1 aromatic heterocycles. The average Bonchev–Trinajstić information content (AvgIpc) is 3.09. The van der Waals surface area contributed by atoms with Gasteiger partial charge < -0.3 is 9.73 Å². The molecule has 4 nitrogen and oxygen atoms in total. The molecule has 1 aliphatic heterocycles. The number of benzene rings is 1. The van der Waals surface area contributed by atoms with Crippen LogP contribution in [0.3, 0.4) is 0 Å². The summed E-state index contributed by atoms with van der Waals surface area (Å²) >= 11 is 0. The van der Waals surface area contributed by atoms with Crippen LogP contribution in [0.1, 0.15) is 41.1 Å². The number of rotatable bonds is 6. The first kappa shape index (κ1) is 18.6. The molecule has 1 saturated heterocycles. The first-order valence-corrected chi connectivity index (χ1v) is 9.02. The molecular formula is C20H24F2N2O2. The maximum absolute atomic E-state index is 13.8. The van der Waals surface area contributed by atoms with Crippen molar-refractivity contribution in [2.75, 3.05) is 20.1 Å². The number of piperidine rings is 1. The van der Waals surface area contributed by atoms with E-state index in [4.69, 9.17) is 4.42 Å². The molecule has 1 aromatic carbocycles. The van der Waals surface area contributed by atoms with Crippen molar-refractivity contribution in [3.05, 3.63) is 59.1 Å². The second-order valence-electron chi connectivity index (χ2n) is 6.86. The predicted octanol–water partition coefficient (Wildman–Crippen LogP) is 3.76. The van der Waals surface area contributed by atoms with Crippen LogP contribution < -0.4 is 5.32 Å². The van der Waals surface area contributed by atoms with Crippen molar-refractivity contribution >= 4 is 5.91 Å². The maximum Gasteiger partial charge on any atom is 0.286 e. The van der Waals surface area contributed by atoms with Gasteiger partial charge in [-0.25, -0.2) is 8.78 Å². The van der Waals surface area contributed by atoms with Crippen LogP contribution in [0.15, 0.2) is 34.7 Å². The fourth-order valence-electron chi connectivity index (χ4n) is 3.54. The zero-order valence-corrected chi connectivity index (χ0v) is 14.9. The fourth-order valence-corrected chi connectivity index (χ4v) is 3.54. The highest BCUT2D eigenvalue weighted by atomic mass is 19.1. The van der Waals surface area contributed by atoms with E-state index in [0.29, 0.717) is 30.2 Å². The van der Waals surface area contributed by atoms with E-state index in [0.717, 1.165) is 44.2 Å². The van der Waals surface area contributed by atoms with Gasteiger partial charge in [0.05, 0.1) is 6.54 Å². The van der Waals surface area contributed by atoms with Gasteiger partial charge in [-0.1, -0.05) is 6.07 Å². The van der Waals surface area contributed by atoms with Crippen molar-refractivity contribution in [3.63, 3.8) is 0 Å². The first-order valence-electron chi connectivity index (χ1n) is 9.02. The van der Waals surface area contributed by atoms with E-state index in [1.807, 2.05) is 6.07 Å². The van der Waals surface area contributed by atoms with Crippen molar-refractivity contribution < 1.29 is 18.0 Å². The molecule has 0 unspecified atom stereocenters. The van der Waals surface area contributed by atoms with Gasteiger partial charge >= 0.3 is 0 Å². The SMILES string of the molecule is CNC(=O)c1ccc(CN2CCC[C@@H](CCc3ccc(F)cc3F)C2)o1. The summed E-state index contributed by atoms with van der Waals surface area (Å²) in [5.74, 6) is 0.340. The van der Waals surface area contributed by atoms with Gasteiger partial charge in [0.25, 0.3) is 5.91 Å². The lowest BCUT2D eigenvalue weighted by Gasteiger charge is -2.32. The normalized spacial score (nSPS) is 18.0. The van der Waals surface area contributed by atoms with Crippen LogP contribution in [0.4, 0.5) is 8.78 Å². The number of furan rings is 1. The lowest BCUT2D eigenvalue weighted by atomic mass is 9.91. The van der Waals surface area contributed by atoms with Gasteiger partial charge in [0.2, 0.25) is 0 Å². The Bertz CT molecular complexity index is 760. The molecule has 0 radical (unpaired) electrons. The van der Waals surface area contributed by atoms with Crippen LogP contribution in [0.2, 0.25) is 0 Å². The lowest BCUT2D eigenvalue weighted by molar-refractivity contribution is 0.0929. The number of carbonyl (C=O) groups is 1. The molecule has 2 heterocycles. The summed E-state index contributed by atoms with van der Waals surface area (Å²) in [5.41, 5.74) is 0.574. The molecule has 2 aromatic rings. The van der Waals surface area contributed by atoms with Gasteiger partial charge in [0, 0.05) is 19.7 Å². The Morgan fingerprint density at radius 3 is 2.92 bits per heavy atom. The maximum atomic E-state index is 13.8. The number of likely N-dealkylation sites (tertiary alicyclic amines) is 1. The Hall–Kier alpha value is -2.21. The topological polar surface area (TPSA) is 45.5 Å². The van der Waals surface area contributed by atoms with Gasteiger partial charge in [-0.3, -0.25) is 9.69 Å². The molecule has 0 aliphatic carbocycles. The molecule has 1 amide bonds. The third-order valence-electron chi connectivity index (χ3n) is 4.93. The monoisotopic (exact) mass is 362 g/mol. The number of nitrogens with zero attached hydrogens (tertiary/aromatic N) is 1. The Morgan fingerprint density at radius 1 is 1.31 bits per heavy atom. The van der Waals surface area contributed by atoms with Crippen molar-refractivity contribution in [2.45, 2.75) is 32.2 Å². The zero-order valence-electron chi connectivity index (χ0n) is 14.9. The molecule has 1 fully saturated rings. The Morgan fingerprint density at radius 2 is 2.15 bits per heavy atom. The average molecular weight is 362 g/mol. The second-order valence-corrected chi connectivity index (χ2v) is 6.86. The van der Waals surface area contributed by atoms with Crippen LogP contribution in [0.25, 0.3) is 0 Å². The summed E-state index contributed by atoms with van der Waals surface area (Å²) in [5, 5.41) is 2.55. The number of amides is 1. The van der Waals surface area contributed by atoms with Crippen LogP contribution in [0, 0.1) is 17.6 Å². The number of aryl methyl sites for hydroxylation is 1. The number of hydrogen-bond acceptors (Lipinski definition) is 3. The van der Waals surface area contributed by atoms with Crippen molar-refractivity contribution in [1.29, 1.82) is 0 Å². The number of carbonyl (C=O) groups excluding carboxylic acids is 1. The van der Waals surface area contributed by atoms with E-state index in [2.05, 4.69) is 10.2 Å². The second kappa shape index (κ2) is 8.45. The largest absolute Gasteiger partial charge is 0.455 e. The molecule has 6 heteroatoms. The summed E-state index contributed by atoms with van der Waals surface area (Å²) in [6.07, 6.45) is 3.69. The van der Waals surface area contributed by atoms with E-state index in [1.165, 1.54) is 12.1 Å². The summed E-state index contributed by atoms with van der Waals surface area (Å²) in [7, 11) is 1.57. The Labute approximate surface area is 152 Å². The third-order valence-corrected chi connectivity index (χ3v) is 4.93. The zero-order chi connectivity index (χ0) is 18.5. The molecule has 1 N–H and O–H groups in total. The quantitative estimate of drug-likeness (QED) is 0.851. The lowest BCUT2D eigenvalue weighted by Crippen LogP contribution is -2.35. The Balaban J connectivity index is 1.52. The minimum atomic E-state index is -0.537. The van der Waals surface area contributed by atoms with Gasteiger partial charge in [-0.15, -0.1) is 0 Å². The highest BCUT2D eigenvalue weighted by molar-refractivity contribution is 5.91. The van der Waals surface area contributed by atoms with Crippen molar-refractivity contribution in [1.82, 2.24) is 10.2 Å². The summed E-state index contributed by atoms with van der Waals surface area (Å²) in [4.78, 5) is 13.9. The standard InChI is InChI=1S/C20H24F2N2O2/c1-23-20(25)19-9-8-17(26-19)13-24-10-2-3-14(12-24)4-5-15-6-7-16(21)11-18(15)22/h6-9,11,14H,2-5,10,12-13H2,1H3,(H,23,25)/t14-/m0/s1. The van der Waals surface area contributed by atoms with Crippen LogP contribution in [-0.2, 0) is 13.0 Å². The van der Waals surface area contributed by atoms with E-state index in [-0.39, 0.29) is 5.91 Å². The van der Waals surface area contributed by atoms with Crippen LogP contribution in [0.5, 0.6) is 0 Å². The van der Waals surface area contributed by atoms with Gasteiger partial charge in [0.15, 0.2) is 5.76 Å². The van der Waals surface area contributed by atoms with Crippen molar-refractivity contribution in [3.8, 4) is 0 Å². The number of nitrogens with one attached hydrogen (secondary N) is 1. The molecule has 140 valence electrons. The molecule has 0 spiro atoms. The Kier molecular flexibility index (Phi) is 6.04. The highest BCUT2D eigenvalue weighted by Crippen LogP contribution is 2.24. The van der Waals surface area contributed by atoms with Gasteiger partial charge in [0.1, 0.15) is 17.4 Å². The van der Waals surface area contributed by atoms with E-state index >= 15 is 0 Å². The minimum absolute atomic E-state index is 0.228. The smallest absolute Gasteiger partial charge is 0.286 e. The molecule has 0 bridgehead atoms. The van der Waals surface area contributed by atoms with E-state index < -0.39 is 11.6 Å². The minimum Gasteiger partial charge on any atom is -0.455 e. The third kappa shape index (κ3) is 4.69. The van der Waals surface area contributed by atoms with Crippen LogP contribution in [-0.4, -0.2) is 30.9 Å². The molecule has 1 atom stereocenters. The van der Waals surface area contributed by atoms with Gasteiger partial charge in [-0.05, 0) is 61.9 Å². The van der Waals surface area contributed by atoms with Gasteiger partial charge in [-0.2, -0.15) is 0 Å². The van der Waals surface area contributed by atoms with Crippen LogP contribution >= 0.6 is 0 Å². The fraction of sp³-hybridized carbons (Fsp3) is 0.450. The van der Waals surface area contributed by atoms with E-state index in [9.17, 15) is 13.6 Å². The summed E-state index contributed by atoms with van der Waals surface area (Å²) in [6, 6.07) is 7.32. The van der Waals surface area contributed by atoms with E-state index in [1.54, 1.807) is 13.1 Å². The molecule has 1 aliphatic rings. The molecule has 26 heavy (non-hydrogen) atoms. The highest BCUT2D eigenvalue weighted by Gasteiger charge is 2.21. The molecular weight excluding hydrogens is 338 g/mol. The molecule has 3 rings (SSSR count). The molecule has 0 saturated carbocycles. The summed E-state index contributed by atoms with van der Waals surface area (Å²) in [6.45, 7) is 2.56. The predicted molar refractivity (Wildman–Crippen MR) is 94.8 cm³/mol.